The van der Waals surface area contributed by atoms with Crippen LogP contribution in [0.3, 0.4) is 0 Å². The maximum absolute atomic E-state index is 11.3. The Bertz CT molecular complexity index is 519. The molecule has 0 amide bonds. The van der Waals surface area contributed by atoms with E-state index >= 15 is 0 Å². The number of carbonyl (C=O) groups is 1. The first-order valence-corrected chi connectivity index (χ1v) is 6.53. The fraction of sp³-hybridized carbons (Fsp3) is 0.500. The van der Waals surface area contributed by atoms with E-state index in [2.05, 4.69) is 15.8 Å². The summed E-state index contributed by atoms with van der Waals surface area (Å²) in [7, 11) is 1.27. The molecule has 6 heteroatoms. The molecule has 1 atom stereocenters. The molecule has 1 saturated heterocycles. The van der Waals surface area contributed by atoms with Gasteiger partial charge < -0.3 is 14.7 Å². The van der Waals surface area contributed by atoms with E-state index < -0.39 is 12.1 Å². The molecule has 6 nitrogen and oxygen atoms in total. The number of aliphatic hydroxyl groups is 1. The lowest BCUT2D eigenvalue weighted by molar-refractivity contribution is -0.153. The summed E-state index contributed by atoms with van der Waals surface area (Å²) >= 11 is 0. The van der Waals surface area contributed by atoms with Crippen LogP contribution in [0.5, 0.6) is 0 Å². The summed E-state index contributed by atoms with van der Waals surface area (Å²) in [4.78, 5) is 17.6. The van der Waals surface area contributed by atoms with Gasteiger partial charge in [-0.05, 0) is 30.9 Å². The third-order valence-corrected chi connectivity index (χ3v) is 3.64. The van der Waals surface area contributed by atoms with Crippen LogP contribution in [-0.2, 0) is 9.53 Å². The highest BCUT2D eigenvalue weighted by Crippen LogP contribution is 2.26. The first-order valence-electron chi connectivity index (χ1n) is 6.53. The number of methoxy groups -OCH3 is 1. The monoisotopic (exact) mass is 275 g/mol. The van der Waals surface area contributed by atoms with Gasteiger partial charge in [-0.1, -0.05) is 0 Å². The van der Waals surface area contributed by atoms with Crippen LogP contribution in [0.2, 0.25) is 0 Å². The van der Waals surface area contributed by atoms with Crippen LogP contribution < -0.4 is 4.90 Å². The average Bonchev–Trinajstić information content (AvgIpc) is 2.53. The van der Waals surface area contributed by atoms with Gasteiger partial charge in [0, 0.05) is 19.3 Å². The number of ether oxygens (including phenoxy) is 1. The van der Waals surface area contributed by atoms with E-state index in [1.165, 1.54) is 7.11 Å². The van der Waals surface area contributed by atoms with Crippen molar-refractivity contribution in [3.05, 3.63) is 23.9 Å². The Morgan fingerprint density at radius 2 is 2.30 bits per heavy atom. The summed E-state index contributed by atoms with van der Waals surface area (Å²) in [6.45, 7) is 1.31. The van der Waals surface area contributed by atoms with Crippen LogP contribution in [0.15, 0.2) is 18.3 Å². The van der Waals surface area contributed by atoms with Crippen molar-refractivity contribution in [1.82, 2.24) is 4.98 Å². The van der Waals surface area contributed by atoms with Crippen LogP contribution in [0, 0.1) is 17.2 Å². The van der Waals surface area contributed by atoms with Crippen molar-refractivity contribution in [3.63, 3.8) is 0 Å². The second-order valence-electron chi connectivity index (χ2n) is 4.78. The Morgan fingerprint density at radius 1 is 1.60 bits per heavy atom. The Morgan fingerprint density at radius 3 is 2.90 bits per heavy atom. The molecule has 2 heterocycles. The molecule has 1 aliphatic heterocycles. The van der Waals surface area contributed by atoms with Gasteiger partial charge in [0.1, 0.15) is 11.9 Å². The number of anilines is 1. The maximum atomic E-state index is 11.3. The van der Waals surface area contributed by atoms with Crippen LogP contribution in [0.25, 0.3) is 0 Å². The minimum Gasteiger partial charge on any atom is -0.467 e. The van der Waals surface area contributed by atoms with E-state index in [9.17, 15) is 9.90 Å². The van der Waals surface area contributed by atoms with Crippen molar-refractivity contribution in [3.8, 4) is 6.07 Å². The van der Waals surface area contributed by atoms with Gasteiger partial charge in [-0.3, -0.25) is 0 Å². The quantitative estimate of drug-likeness (QED) is 0.817. The summed E-state index contributed by atoms with van der Waals surface area (Å²) in [5.74, 6) is -0.0204. The first-order chi connectivity index (χ1) is 9.67. The van der Waals surface area contributed by atoms with Gasteiger partial charge in [-0.25, -0.2) is 9.78 Å². The maximum Gasteiger partial charge on any atom is 0.334 e. The van der Waals surface area contributed by atoms with Crippen molar-refractivity contribution in [1.29, 1.82) is 5.26 Å². The summed E-state index contributed by atoms with van der Waals surface area (Å²) in [6.07, 6.45) is 1.92. The van der Waals surface area contributed by atoms with Gasteiger partial charge in [-0.2, -0.15) is 5.26 Å². The number of hydrogen-bond donors (Lipinski definition) is 1. The number of nitrogens with zero attached hydrogens (tertiary/aromatic N) is 3. The molecule has 1 aromatic heterocycles. The van der Waals surface area contributed by atoms with Gasteiger partial charge in [0.2, 0.25) is 0 Å². The van der Waals surface area contributed by atoms with Crippen molar-refractivity contribution >= 4 is 11.8 Å². The van der Waals surface area contributed by atoms with Crippen molar-refractivity contribution < 1.29 is 14.6 Å². The summed E-state index contributed by atoms with van der Waals surface area (Å²) in [6, 6.07) is 5.59. The lowest BCUT2D eigenvalue weighted by atomic mass is 9.91. The zero-order chi connectivity index (χ0) is 14.5. The second-order valence-corrected chi connectivity index (χ2v) is 4.78. The number of hydrogen-bond acceptors (Lipinski definition) is 6. The number of piperidine rings is 1. The lowest BCUT2D eigenvalue weighted by Crippen LogP contribution is -2.41. The molecular weight excluding hydrogens is 258 g/mol. The lowest BCUT2D eigenvalue weighted by Gasteiger charge is -2.34. The van der Waals surface area contributed by atoms with Crippen LogP contribution in [0.1, 0.15) is 18.4 Å². The highest BCUT2D eigenvalue weighted by molar-refractivity contribution is 5.74. The Hall–Kier alpha value is -2.13. The van der Waals surface area contributed by atoms with E-state index in [4.69, 9.17) is 5.26 Å². The standard InChI is InChI=1S/C14H17N3O3/c1-20-14(19)12(18)10-4-7-17(8-5-10)13-11(9-15)3-2-6-16-13/h2-3,6,10,12,18H,4-5,7-8H2,1H3. The fourth-order valence-electron chi connectivity index (χ4n) is 2.48. The first kappa shape index (κ1) is 14.3. The van der Waals surface area contributed by atoms with Crippen molar-refractivity contribution in [2.75, 3.05) is 25.1 Å². The SMILES string of the molecule is COC(=O)C(O)C1CCN(c2ncccc2C#N)CC1. The van der Waals surface area contributed by atoms with E-state index in [-0.39, 0.29) is 5.92 Å². The topological polar surface area (TPSA) is 86.5 Å². The molecule has 0 aromatic carbocycles. The molecule has 0 spiro atoms. The van der Waals surface area contributed by atoms with Gasteiger partial charge in [0.25, 0.3) is 0 Å². The van der Waals surface area contributed by atoms with Crippen molar-refractivity contribution in [2.45, 2.75) is 18.9 Å². The largest absolute Gasteiger partial charge is 0.467 e. The number of pyridine rings is 1. The van der Waals surface area contributed by atoms with Crippen molar-refractivity contribution in [2.24, 2.45) is 5.92 Å². The number of esters is 1. The molecule has 1 aromatic rings. The smallest absolute Gasteiger partial charge is 0.334 e. The van der Waals surface area contributed by atoms with E-state index in [0.29, 0.717) is 37.3 Å². The highest BCUT2D eigenvalue weighted by Gasteiger charge is 2.31. The van der Waals surface area contributed by atoms with E-state index in [1.807, 2.05) is 4.90 Å². The second kappa shape index (κ2) is 6.35. The molecule has 1 unspecified atom stereocenters. The van der Waals surface area contributed by atoms with Crippen LogP contribution >= 0.6 is 0 Å². The average molecular weight is 275 g/mol. The minimum atomic E-state index is -1.07. The summed E-state index contributed by atoms with van der Waals surface area (Å²) in [5, 5.41) is 18.9. The third-order valence-electron chi connectivity index (χ3n) is 3.64. The normalized spacial score (nSPS) is 17.4. The Kier molecular flexibility index (Phi) is 4.53. The third kappa shape index (κ3) is 2.89. The number of aliphatic hydroxyl groups excluding tert-OH is 1. The molecule has 2 rings (SSSR count). The predicted octanol–water partition coefficient (Wildman–Crippen LogP) is 0.704. The Balaban J connectivity index is 2.01. The molecule has 0 radical (unpaired) electrons. The molecular formula is C14H17N3O3. The predicted molar refractivity (Wildman–Crippen MR) is 71.9 cm³/mol. The van der Waals surface area contributed by atoms with Crippen LogP contribution in [0.4, 0.5) is 5.82 Å². The molecule has 1 N–H and O–H groups in total. The molecule has 1 aliphatic rings. The Labute approximate surface area is 117 Å². The van der Waals surface area contributed by atoms with E-state index in [0.717, 1.165) is 0 Å². The molecule has 106 valence electrons. The summed E-state index contributed by atoms with van der Waals surface area (Å²) in [5.41, 5.74) is 0.541. The number of carbonyl (C=O) groups excluding carboxylic acids is 1. The van der Waals surface area contributed by atoms with Gasteiger partial charge in [0.05, 0.1) is 12.7 Å². The molecule has 20 heavy (non-hydrogen) atoms. The fourth-order valence-corrected chi connectivity index (χ4v) is 2.48. The molecule has 0 saturated carbocycles. The highest BCUT2D eigenvalue weighted by atomic mass is 16.5. The minimum absolute atomic E-state index is 0.104. The zero-order valence-corrected chi connectivity index (χ0v) is 11.3. The number of rotatable bonds is 3. The summed E-state index contributed by atoms with van der Waals surface area (Å²) < 4.78 is 4.56. The van der Waals surface area contributed by atoms with E-state index in [1.54, 1.807) is 18.3 Å². The zero-order valence-electron chi connectivity index (χ0n) is 11.3. The molecule has 0 bridgehead atoms. The van der Waals surface area contributed by atoms with Gasteiger partial charge >= 0.3 is 5.97 Å². The van der Waals surface area contributed by atoms with Crippen LogP contribution in [-0.4, -0.2) is 42.4 Å². The molecule has 1 fully saturated rings. The number of nitriles is 1. The van der Waals surface area contributed by atoms with Gasteiger partial charge in [0.15, 0.2) is 6.10 Å². The number of aromatic nitrogens is 1. The molecule has 0 aliphatic carbocycles. The van der Waals surface area contributed by atoms with Gasteiger partial charge in [-0.15, -0.1) is 0 Å².